The normalized spacial score (nSPS) is 10.4. The number of anilines is 3. The fraction of sp³-hybridized carbons (Fsp3) is 0.167. The maximum absolute atomic E-state index is 13.1. The lowest BCUT2D eigenvalue weighted by Crippen LogP contribution is -2.13. The SMILES string of the molecule is Cc1nc(NN)c(C)c(Nc2ccc(F)c(Cl)c2)n1. The Bertz CT molecular complexity index is 617. The van der Waals surface area contributed by atoms with E-state index in [4.69, 9.17) is 17.4 Å². The quantitative estimate of drug-likeness (QED) is 0.596. The van der Waals surface area contributed by atoms with Crippen LogP contribution in [0.15, 0.2) is 18.2 Å². The molecule has 2 aromatic rings. The molecular formula is C12H13ClFN5. The van der Waals surface area contributed by atoms with Gasteiger partial charge in [0, 0.05) is 11.3 Å². The third-order valence-corrected chi connectivity index (χ3v) is 2.87. The Morgan fingerprint density at radius 1 is 1.21 bits per heavy atom. The molecule has 0 amide bonds. The number of hydrogen-bond donors (Lipinski definition) is 3. The molecule has 0 fully saturated rings. The molecule has 7 heteroatoms. The van der Waals surface area contributed by atoms with Crippen molar-refractivity contribution in [2.24, 2.45) is 5.84 Å². The maximum Gasteiger partial charge on any atom is 0.148 e. The number of rotatable bonds is 3. The zero-order valence-corrected chi connectivity index (χ0v) is 11.2. The van der Waals surface area contributed by atoms with E-state index in [2.05, 4.69) is 20.7 Å². The smallest absolute Gasteiger partial charge is 0.148 e. The van der Waals surface area contributed by atoms with Crippen molar-refractivity contribution in [2.45, 2.75) is 13.8 Å². The summed E-state index contributed by atoms with van der Waals surface area (Å²) in [7, 11) is 0. The number of nitrogens with zero attached hydrogens (tertiary/aromatic N) is 2. The minimum Gasteiger partial charge on any atom is -0.340 e. The summed E-state index contributed by atoms with van der Waals surface area (Å²) < 4.78 is 13.1. The molecule has 0 atom stereocenters. The second-order valence-corrected chi connectivity index (χ2v) is 4.40. The predicted octanol–water partition coefficient (Wildman–Crippen LogP) is 2.92. The second kappa shape index (κ2) is 5.38. The second-order valence-electron chi connectivity index (χ2n) is 3.99. The highest BCUT2D eigenvalue weighted by atomic mass is 35.5. The van der Waals surface area contributed by atoms with E-state index in [-0.39, 0.29) is 5.02 Å². The van der Waals surface area contributed by atoms with Gasteiger partial charge >= 0.3 is 0 Å². The zero-order chi connectivity index (χ0) is 14.0. The zero-order valence-electron chi connectivity index (χ0n) is 10.5. The van der Waals surface area contributed by atoms with Crippen LogP contribution in [0, 0.1) is 19.7 Å². The third-order valence-electron chi connectivity index (χ3n) is 2.58. The predicted molar refractivity (Wildman–Crippen MR) is 74.0 cm³/mol. The van der Waals surface area contributed by atoms with Crippen molar-refractivity contribution in [1.29, 1.82) is 0 Å². The monoisotopic (exact) mass is 281 g/mol. The Hall–Kier alpha value is -1.92. The number of nitrogens with one attached hydrogen (secondary N) is 2. The molecule has 0 aliphatic carbocycles. The van der Waals surface area contributed by atoms with Gasteiger partial charge in [0.2, 0.25) is 0 Å². The van der Waals surface area contributed by atoms with E-state index in [1.54, 1.807) is 13.0 Å². The van der Waals surface area contributed by atoms with E-state index in [9.17, 15) is 4.39 Å². The van der Waals surface area contributed by atoms with E-state index in [0.29, 0.717) is 23.1 Å². The van der Waals surface area contributed by atoms with Crippen LogP contribution in [0.2, 0.25) is 5.02 Å². The van der Waals surface area contributed by atoms with Crippen molar-refractivity contribution in [2.75, 3.05) is 10.7 Å². The summed E-state index contributed by atoms with van der Waals surface area (Å²) in [5, 5.41) is 3.10. The van der Waals surface area contributed by atoms with Crippen molar-refractivity contribution < 1.29 is 4.39 Å². The van der Waals surface area contributed by atoms with Gasteiger partial charge < -0.3 is 10.7 Å². The summed E-state index contributed by atoms with van der Waals surface area (Å²) in [5.74, 6) is 6.60. The molecule has 100 valence electrons. The summed E-state index contributed by atoms with van der Waals surface area (Å²) in [6.45, 7) is 3.57. The van der Waals surface area contributed by atoms with E-state index < -0.39 is 5.82 Å². The summed E-state index contributed by atoms with van der Waals surface area (Å²) in [6, 6.07) is 4.35. The Morgan fingerprint density at radius 2 is 1.89 bits per heavy atom. The number of aromatic nitrogens is 2. The molecule has 0 unspecified atom stereocenters. The summed E-state index contributed by atoms with van der Waals surface area (Å²) in [6.07, 6.45) is 0. The number of hydrogen-bond acceptors (Lipinski definition) is 5. The number of hydrazine groups is 1. The van der Waals surface area contributed by atoms with Crippen LogP contribution in [0.3, 0.4) is 0 Å². The Balaban J connectivity index is 2.37. The van der Waals surface area contributed by atoms with Gasteiger partial charge in [-0.25, -0.2) is 20.2 Å². The van der Waals surface area contributed by atoms with Gasteiger partial charge in [0.1, 0.15) is 23.3 Å². The number of halogens is 2. The molecule has 0 saturated heterocycles. The average molecular weight is 282 g/mol. The minimum atomic E-state index is -0.466. The first-order valence-corrected chi connectivity index (χ1v) is 5.93. The van der Waals surface area contributed by atoms with E-state index in [1.165, 1.54) is 12.1 Å². The topological polar surface area (TPSA) is 75.9 Å². The first kappa shape index (κ1) is 13.5. The lowest BCUT2D eigenvalue weighted by atomic mass is 10.2. The van der Waals surface area contributed by atoms with Gasteiger partial charge in [-0.15, -0.1) is 0 Å². The Labute approximate surface area is 115 Å². The lowest BCUT2D eigenvalue weighted by Gasteiger charge is -2.12. The molecule has 0 aliphatic rings. The fourth-order valence-corrected chi connectivity index (χ4v) is 1.78. The standard InChI is InChI=1S/C12H13ClFN5/c1-6-11(16-7(2)17-12(6)19-15)18-8-3-4-10(14)9(13)5-8/h3-5H,15H2,1-2H3,(H2,16,17,18,19). The number of aryl methyl sites for hydroxylation is 1. The van der Waals surface area contributed by atoms with Crippen molar-refractivity contribution in [1.82, 2.24) is 9.97 Å². The largest absolute Gasteiger partial charge is 0.340 e. The van der Waals surface area contributed by atoms with Crippen LogP contribution in [-0.2, 0) is 0 Å². The average Bonchev–Trinajstić information content (AvgIpc) is 2.37. The molecule has 19 heavy (non-hydrogen) atoms. The van der Waals surface area contributed by atoms with Crippen molar-refractivity contribution >= 4 is 28.9 Å². The molecule has 0 spiro atoms. The summed E-state index contributed by atoms with van der Waals surface area (Å²) >= 11 is 5.73. The van der Waals surface area contributed by atoms with E-state index in [0.717, 1.165) is 5.56 Å². The van der Waals surface area contributed by atoms with Crippen LogP contribution in [0.25, 0.3) is 0 Å². The van der Waals surface area contributed by atoms with Gasteiger partial charge in [-0.05, 0) is 32.0 Å². The van der Waals surface area contributed by atoms with Gasteiger partial charge in [-0.3, -0.25) is 0 Å². The van der Waals surface area contributed by atoms with Gasteiger partial charge in [0.25, 0.3) is 0 Å². The van der Waals surface area contributed by atoms with Crippen LogP contribution in [-0.4, -0.2) is 9.97 Å². The molecule has 0 aliphatic heterocycles. The van der Waals surface area contributed by atoms with Gasteiger partial charge in [-0.2, -0.15) is 0 Å². The number of benzene rings is 1. The Kier molecular flexibility index (Phi) is 3.82. The molecule has 1 heterocycles. The number of nitrogens with two attached hydrogens (primary N) is 1. The van der Waals surface area contributed by atoms with E-state index in [1.807, 2.05) is 6.92 Å². The minimum absolute atomic E-state index is 0.0469. The van der Waals surface area contributed by atoms with Crippen LogP contribution in [0.5, 0.6) is 0 Å². The fourth-order valence-electron chi connectivity index (χ4n) is 1.60. The van der Waals surface area contributed by atoms with Crippen LogP contribution < -0.4 is 16.6 Å². The third kappa shape index (κ3) is 2.91. The molecule has 0 bridgehead atoms. The van der Waals surface area contributed by atoms with Crippen molar-refractivity contribution in [3.63, 3.8) is 0 Å². The highest BCUT2D eigenvalue weighted by Crippen LogP contribution is 2.25. The molecule has 2 rings (SSSR count). The molecular weight excluding hydrogens is 269 g/mol. The Morgan fingerprint density at radius 3 is 2.53 bits per heavy atom. The first-order valence-electron chi connectivity index (χ1n) is 5.55. The molecule has 4 N–H and O–H groups in total. The molecule has 5 nitrogen and oxygen atoms in total. The molecule has 1 aromatic carbocycles. The van der Waals surface area contributed by atoms with Crippen LogP contribution >= 0.6 is 11.6 Å². The molecule has 0 saturated carbocycles. The van der Waals surface area contributed by atoms with E-state index >= 15 is 0 Å². The highest BCUT2D eigenvalue weighted by molar-refractivity contribution is 6.31. The van der Waals surface area contributed by atoms with Gasteiger partial charge in [0.05, 0.1) is 5.02 Å². The van der Waals surface area contributed by atoms with Crippen LogP contribution in [0.1, 0.15) is 11.4 Å². The van der Waals surface area contributed by atoms with Crippen molar-refractivity contribution in [3.05, 3.63) is 40.4 Å². The van der Waals surface area contributed by atoms with Crippen LogP contribution in [0.4, 0.5) is 21.7 Å². The maximum atomic E-state index is 13.1. The summed E-state index contributed by atoms with van der Waals surface area (Å²) in [5.41, 5.74) is 3.90. The lowest BCUT2D eigenvalue weighted by molar-refractivity contribution is 0.628. The number of nitrogen functional groups attached to an aromatic ring is 1. The first-order chi connectivity index (χ1) is 9.01. The van der Waals surface area contributed by atoms with Crippen molar-refractivity contribution in [3.8, 4) is 0 Å². The molecule has 1 aromatic heterocycles. The van der Waals surface area contributed by atoms with Gasteiger partial charge in [0.15, 0.2) is 0 Å². The molecule has 0 radical (unpaired) electrons. The highest BCUT2D eigenvalue weighted by Gasteiger charge is 2.09. The summed E-state index contributed by atoms with van der Waals surface area (Å²) in [4.78, 5) is 8.43. The van der Waals surface area contributed by atoms with Gasteiger partial charge in [-0.1, -0.05) is 11.6 Å².